The van der Waals surface area contributed by atoms with Crippen LogP contribution in [-0.4, -0.2) is 50.0 Å². The highest BCUT2D eigenvalue weighted by Gasteiger charge is 2.36. The maximum atomic E-state index is 14.1. The van der Waals surface area contributed by atoms with Crippen molar-refractivity contribution in [2.45, 2.75) is 45.1 Å². The Balaban J connectivity index is 1.44. The Hall–Kier alpha value is -4.64. The normalized spacial score (nSPS) is 17.6. The Bertz CT molecular complexity index is 1480. The number of nitrogens with two attached hydrogens (primary N) is 3. The van der Waals surface area contributed by atoms with Crippen LogP contribution < -0.4 is 22.1 Å². The minimum Gasteiger partial charge on any atom is -0.384 e. The van der Waals surface area contributed by atoms with E-state index in [2.05, 4.69) is 25.6 Å². The Labute approximate surface area is 238 Å². The average molecular weight is 554 g/mol. The second kappa shape index (κ2) is 12.3. The average Bonchev–Trinajstić information content (AvgIpc) is 3.53. The van der Waals surface area contributed by atoms with E-state index in [9.17, 15) is 9.59 Å². The number of tetrazole rings is 1. The van der Waals surface area contributed by atoms with Crippen molar-refractivity contribution in [2.24, 2.45) is 23.3 Å². The summed E-state index contributed by atoms with van der Waals surface area (Å²) in [6.45, 7) is 2.53. The van der Waals surface area contributed by atoms with Crippen LogP contribution in [0, 0.1) is 18.8 Å². The van der Waals surface area contributed by atoms with Crippen LogP contribution in [0.15, 0.2) is 60.7 Å². The number of aromatic nitrogens is 5. The van der Waals surface area contributed by atoms with Crippen LogP contribution in [-0.2, 0) is 16.0 Å². The number of hydrogen-bond donors (Lipinski definition) is 4. The first-order valence-corrected chi connectivity index (χ1v) is 13.8. The summed E-state index contributed by atoms with van der Waals surface area (Å²) in [5, 5.41) is 14.1. The van der Waals surface area contributed by atoms with Gasteiger partial charge >= 0.3 is 0 Å². The van der Waals surface area contributed by atoms with E-state index in [0.29, 0.717) is 29.8 Å². The molecule has 0 bridgehead atoms. The maximum Gasteiger partial charge on any atom is 0.240 e. The molecule has 212 valence electrons. The number of benzene rings is 2. The van der Waals surface area contributed by atoms with Crippen molar-refractivity contribution in [1.29, 1.82) is 0 Å². The quantitative estimate of drug-likeness (QED) is 0.244. The van der Waals surface area contributed by atoms with E-state index < -0.39 is 11.9 Å². The molecule has 11 nitrogen and oxygen atoms in total. The molecule has 1 aliphatic carbocycles. The number of aryl methyl sites for hydroxylation is 1. The van der Waals surface area contributed by atoms with Crippen LogP contribution in [0.3, 0.4) is 0 Å². The molecule has 0 radical (unpaired) electrons. The first-order valence-electron chi connectivity index (χ1n) is 13.8. The lowest BCUT2D eigenvalue weighted by Gasteiger charge is -2.35. The molecule has 0 spiro atoms. The largest absolute Gasteiger partial charge is 0.384 e. The molecular weight excluding hydrogens is 518 g/mol. The molecule has 2 amide bonds. The number of anilines is 2. The molecule has 1 fully saturated rings. The number of carbonyl (C=O) groups excluding carboxylic acids is 2. The van der Waals surface area contributed by atoms with Crippen molar-refractivity contribution in [2.75, 3.05) is 17.2 Å². The number of aromatic amines is 1. The number of H-pyrrole nitrogens is 1. The van der Waals surface area contributed by atoms with E-state index in [1.165, 1.54) is 0 Å². The van der Waals surface area contributed by atoms with Gasteiger partial charge in [0.25, 0.3) is 0 Å². The zero-order valence-corrected chi connectivity index (χ0v) is 23.0. The molecule has 0 saturated heterocycles. The van der Waals surface area contributed by atoms with Gasteiger partial charge in [-0.2, -0.15) is 5.21 Å². The number of hydrogen-bond acceptors (Lipinski definition) is 8. The third-order valence-electron chi connectivity index (χ3n) is 7.96. The molecule has 11 heteroatoms. The second-order valence-corrected chi connectivity index (χ2v) is 10.6. The molecule has 1 atom stereocenters. The van der Waals surface area contributed by atoms with Gasteiger partial charge in [-0.25, -0.2) is 4.98 Å². The number of carbonyl (C=O) groups is 2. The monoisotopic (exact) mass is 553 g/mol. The molecule has 0 unspecified atom stereocenters. The van der Waals surface area contributed by atoms with Crippen molar-refractivity contribution in [3.05, 3.63) is 71.9 Å². The van der Waals surface area contributed by atoms with E-state index in [1.54, 1.807) is 23.1 Å². The molecule has 7 N–H and O–H groups in total. The molecule has 1 aliphatic rings. The Morgan fingerprint density at radius 3 is 2.24 bits per heavy atom. The SMILES string of the molecule is Cc1nc(N)ccc1-c1ccc(C[C@@H](C(N)=O)N(C(=O)C2CCC(CN)CC2)c2ccc(-c3nn[nH]n3)cc2)cc1. The summed E-state index contributed by atoms with van der Waals surface area (Å²) < 4.78 is 0. The van der Waals surface area contributed by atoms with Gasteiger partial charge in [-0.3, -0.25) is 14.5 Å². The smallest absolute Gasteiger partial charge is 0.240 e. The lowest BCUT2D eigenvalue weighted by Crippen LogP contribution is -2.52. The summed E-state index contributed by atoms with van der Waals surface area (Å²) in [4.78, 5) is 33.0. The van der Waals surface area contributed by atoms with Crippen molar-refractivity contribution >= 4 is 23.3 Å². The van der Waals surface area contributed by atoms with Crippen molar-refractivity contribution in [3.8, 4) is 22.5 Å². The highest BCUT2D eigenvalue weighted by atomic mass is 16.2. The fourth-order valence-electron chi connectivity index (χ4n) is 5.61. The highest BCUT2D eigenvalue weighted by molar-refractivity contribution is 6.01. The summed E-state index contributed by atoms with van der Waals surface area (Å²) >= 11 is 0. The van der Waals surface area contributed by atoms with Crippen molar-refractivity contribution in [3.63, 3.8) is 0 Å². The summed E-state index contributed by atoms with van der Waals surface area (Å²) in [7, 11) is 0. The van der Waals surface area contributed by atoms with Crippen molar-refractivity contribution < 1.29 is 9.59 Å². The van der Waals surface area contributed by atoms with Gasteiger partial charge in [0.05, 0.1) is 0 Å². The van der Waals surface area contributed by atoms with Crippen LogP contribution in [0.2, 0.25) is 0 Å². The van der Waals surface area contributed by atoms with Crippen LogP contribution in [0.5, 0.6) is 0 Å². The summed E-state index contributed by atoms with van der Waals surface area (Å²) in [6.07, 6.45) is 3.50. The standard InChI is InChI=1S/C30H35N9O2/c1-18-25(14-15-27(32)34-18)21-6-2-19(3-7-21)16-26(28(33)40)39(30(41)23-8-4-20(17-31)5-9-23)24-12-10-22(11-13-24)29-35-37-38-36-29/h2-3,6-7,10-15,20,23,26H,4-5,8-9,16-17,31H2,1H3,(H2,32,34)(H2,33,40)(H,35,36,37,38)/t20?,23?,26-/m0/s1. The number of primary amides is 1. The molecule has 2 aromatic heterocycles. The number of nitrogens with one attached hydrogen (secondary N) is 1. The lowest BCUT2D eigenvalue weighted by atomic mass is 9.81. The van der Waals surface area contributed by atoms with Gasteiger partial charge in [0, 0.05) is 34.8 Å². The first kappa shape index (κ1) is 27.9. The zero-order valence-electron chi connectivity index (χ0n) is 23.0. The number of rotatable bonds is 9. The minimum atomic E-state index is -0.878. The number of nitrogens with zero attached hydrogens (tertiary/aromatic N) is 5. The summed E-state index contributed by atoms with van der Waals surface area (Å²) in [5.74, 6) is 0.453. The Morgan fingerprint density at radius 2 is 1.66 bits per heavy atom. The Kier molecular flexibility index (Phi) is 8.34. The van der Waals surface area contributed by atoms with Crippen molar-refractivity contribution in [1.82, 2.24) is 25.6 Å². The topological polar surface area (TPSA) is 183 Å². The van der Waals surface area contributed by atoms with Gasteiger partial charge in [-0.05, 0) is 97.8 Å². The predicted molar refractivity (Wildman–Crippen MR) is 157 cm³/mol. The number of nitrogen functional groups attached to an aromatic ring is 1. The van der Waals surface area contributed by atoms with E-state index >= 15 is 0 Å². The van der Waals surface area contributed by atoms with Crippen LogP contribution in [0.4, 0.5) is 11.5 Å². The molecule has 0 aliphatic heterocycles. The molecule has 1 saturated carbocycles. The maximum absolute atomic E-state index is 14.1. The van der Waals surface area contributed by atoms with E-state index in [-0.39, 0.29) is 18.2 Å². The molecule has 2 heterocycles. The minimum absolute atomic E-state index is 0.100. The van der Waals surface area contributed by atoms with Gasteiger partial charge < -0.3 is 17.2 Å². The van der Waals surface area contributed by atoms with E-state index in [4.69, 9.17) is 17.2 Å². The van der Waals surface area contributed by atoms with E-state index in [1.807, 2.05) is 49.4 Å². The third-order valence-corrected chi connectivity index (χ3v) is 7.96. The summed E-state index contributed by atoms with van der Waals surface area (Å²) in [5.41, 5.74) is 22.7. The van der Waals surface area contributed by atoms with Gasteiger partial charge in [0.15, 0.2) is 0 Å². The van der Waals surface area contributed by atoms with Crippen LogP contribution in [0.1, 0.15) is 36.9 Å². The zero-order chi connectivity index (χ0) is 28.9. The fourth-order valence-corrected chi connectivity index (χ4v) is 5.61. The molecule has 4 aromatic rings. The third kappa shape index (κ3) is 6.25. The lowest BCUT2D eigenvalue weighted by molar-refractivity contribution is -0.127. The number of amides is 2. The second-order valence-electron chi connectivity index (χ2n) is 10.6. The van der Waals surface area contributed by atoms with Crippen LogP contribution >= 0.6 is 0 Å². The fraction of sp³-hybridized carbons (Fsp3) is 0.333. The Morgan fingerprint density at radius 1 is 0.976 bits per heavy atom. The van der Waals surface area contributed by atoms with Gasteiger partial charge in [-0.1, -0.05) is 24.3 Å². The summed E-state index contributed by atoms with van der Waals surface area (Å²) in [6, 6.07) is 17.9. The highest BCUT2D eigenvalue weighted by Crippen LogP contribution is 2.33. The van der Waals surface area contributed by atoms with Crippen LogP contribution in [0.25, 0.3) is 22.5 Å². The van der Waals surface area contributed by atoms with Gasteiger partial charge in [0.2, 0.25) is 17.6 Å². The number of pyridine rings is 1. The molecule has 2 aromatic carbocycles. The molecule has 41 heavy (non-hydrogen) atoms. The predicted octanol–water partition coefficient (Wildman–Crippen LogP) is 3.01. The molecular formula is C30H35N9O2. The van der Waals surface area contributed by atoms with Gasteiger partial charge in [-0.15, -0.1) is 10.2 Å². The molecule has 5 rings (SSSR count). The van der Waals surface area contributed by atoms with Gasteiger partial charge in [0.1, 0.15) is 11.9 Å². The van der Waals surface area contributed by atoms with E-state index in [0.717, 1.165) is 53.6 Å². The first-order chi connectivity index (χ1) is 19.8.